The second-order valence-electron chi connectivity index (χ2n) is 6.04. The van der Waals surface area contributed by atoms with Crippen molar-refractivity contribution in [2.24, 2.45) is 0 Å². The number of halogens is 1. The van der Waals surface area contributed by atoms with Crippen molar-refractivity contribution in [3.63, 3.8) is 0 Å². The Kier molecular flexibility index (Phi) is 5.67. The Morgan fingerprint density at radius 1 is 0.862 bits per heavy atom. The van der Waals surface area contributed by atoms with E-state index in [1.807, 2.05) is 60.7 Å². The number of amides is 1. The van der Waals surface area contributed by atoms with Crippen LogP contribution in [0.5, 0.6) is 0 Å². The third-order valence-electron chi connectivity index (χ3n) is 4.11. The monoisotopic (exact) mass is 405 g/mol. The normalized spacial score (nSPS) is 10.7. The minimum atomic E-state index is -0.442. The third-order valence-corrected chi connectivity index (χ3v) is 4.91. The number of carbonyl (C=O) groups excluding carboxylic acids is 1. The lowest BCUT2D eigenvalue weighted by molar-refractivity contribution is -0.115. The molecule has 0 unspecified atom stereocenters. The SMILES string of the molecule is O=C(CSc1nnc(-c2ccccc2F)o1)N(c1ccccc1)c1ccccc1. The van der Waals surface area contributed by atoms with E-state index in [-0.39, 0.29) is 28.3 Å². The molecule has 0 aliphatic carbocycles. The average Bonchev–Trinajstić information content (AvgIpc) is 3.23. The topological polar surface area (TPSA) is 59.2 Å². The number of hydrogen-bond acceptors (Lipinski definition) is 5. The van der Waals surface area contributed by atoms with E-state index in [4.69, 9.17) is 4.42 Å². The zero-order valence-corrected chi connectivity index (χ0v) is 16.1. The Bertz CT molecular complexity index is 1060. The number of benzene rings is 3. The van der Waals surface area contributed by atoms with E-state index in [1.165, 1.54) is 6.07 Å². The first-order valence-electron chi connectivity index (χ1n) is 8.86. The fraction of sp³-hybridized carbons (Fsp3) is 0.0455. The van der Waals surface area contributed by atoms with Gasteiger partial charge in [-0.05, 0) is 36.4 Å². The molecule has 0 saturated heterocycles. The van der Waals surface area contributed by atoms with Gasteiger partial charge in [0, 0.05) is 11.4 Å². The number of thioether (sulfide) groups is 1. The first-order chi connectivity index (χ1) is 14.2. The number of rotatable bonds is 6. The first kappa shape index (κ1) is 18.9. The Balaban J connectivity index is 1.51. The van der Waals surface area contributed by atoms with Crippen LogP contribution < -0.4 is 4.90 Å². The van der Waals surface area contributed by atoms with Gasteiger partial charge < -0.3 is 4.42 Å². The number of aromatic nitrogens is 2. The zero-order valence-electron chi connectivity index (χ0n) is 15.2. The fourth-order valence-corrected chi connectivity index (χ4v) is 3.40. The van der Waals surface area contributed by atoms with Crippen molar-refractivity contribution in [1.29, 1.82) is 0 Å². The maximum Gasteiger partial charge on any atom is 0.277 e. The second-order valence-corrected chi connectivity index (χ2v) is 6.97. The van der Waals surface area contributed by atoms with Crippen molar-refractivity contribution in [1.82, 2.24) is 10.2 Å². The Morgan fingerprint density at radius 2 is 1.45 bits per heavy atom. The molecule has 0 N–H and O–H groups in total. The molecule has 0 radical (unpaired) electrons. The maximum absolute atomic E-state index is 13.9. The van der Waals surface area contributed by atoms with Crippen molar-refractivity contribution < 1.29 is 13.6 Å². The average molecular weight is 405 g/mol. The van der Waals surface area contributed by atoms with Gasteiger partial charge in [0.15, 0.2) is 0 Å². The van der Waals surface area contributed by atoms with Crippen LogP contribution in [-0.4, -0.2) is 21.9 Å². The lowest BCUT2D eigenvalue weighted by Crippen LogP contribution is -2.27. The molecule has 4 rings (SSSR count). The summed E-state index contributed by atoms with van der Waals surface area (Å²) in [7, 11) is 0. The van der Waals surface area contributed by atoms with Gasteiger partial charge >= 0.3 is 0 Å². The van der Waals surface area contributed by atoms with Crippen molar-refractivity contribution >= 4 is 29.0 Å². The lowest BCUT2D eigenvalue weighted by Gasteiger charge is -2.22. The summed E-state index contributed by atoms with van der Waals surface area (Å²) in [5.41, 5.74) is 1.76. The number of nitrogens with zero attached hydrogens (tertiary/aromatic N) is 3. The van der Waals surface area contributed by atoms with E-state index in [2.05, 4.69) is 10.2 Å². The van der Waals surface area contributed by atoms with Gasteiger partial charge in [0.25, 0.3) is 11.1 Å². The predicted octanol–water partition coefficient (Wildman–Crippen LogP) is 5.33. The molecule has 29 heavy (non-hydrogen) atoms. The van der Waals surface area contributed by atoms with Crippen LogP contribution >= 0.6 is 11.8 Å². The summed E-state index contributed by atoms with van der Waals surface area (Å²) in [5.74, 6) is -0.412. The molecule has 144 valence electrons. The summed E-state index contributed by atoms with van der Waals surface area (Å²) in [6.45, 7) is 0. The molecule has 4 aromatic rings. The van der Waals surface area contributed by atoms with Gasteiger partial charge in [0.2, 0.25) is 5.91 Å². The number of hydrogen-bond donors (Lipinski definition) is 0. The van der Waals surface area contributed by atoms with Gasteiger partial charge in [-0.3, -0.25) is 9.69 Å². The summed E-state index contributed by atoms with van der Waals surface area (Å²) in [6, 6.07) is 25.0. The second kappa shape index (κ2) is 8.70. The minimum absolute atomic E-state index is 0.0843. The summed E-state index contributed by atoms with van der Waals surface area (Å²) in [4.78, 5) is 14.6. The molecule has 0 saturated carbocycles. The van der Waals surface area contributed by atoms with Crippen molar-refractivity contribution in [2.75, 3.05) is 10.7 Å². The number of carbonyl (C=O) groups is 1. The van der Waals surface area contributed by atoms with Crippen LogP contribution in [-0.2, 0) is 4.79 Å². The van der Waals surface area contributed by atoms with Gasteiger partial charge in [0.05, 0.1) is 11.3 Å². The van der Waals surface area contributed by atoms with Crippen molar-refractivity contribution in [3.8, 4) is 11.5 Å². The smallest absolute Gasteiger partial charge is 0.277 e. The standard InChI is InChI=1S/C22H16FN3O2S/c23-19-14-8-7-13-18(19)21-24-25-22(28-21)29-15-20(27)26(16-9-3-1-4-10-16)17-11-5-2-6-12-17/h1-14H,15H2. The van der Waals surface area contributed by atoms with E-state index in [9.17, 15) is 9.18 Å². The molecule has 0 spiro atoms. The summed E-state index contributed by atoms with van der Waals surface area (Å²) < 4.78 is 19.4. The van der Waals surface area contributed by atoms with Crippen molar-refractivity contribution in [2.45, 2.75) is 5.22 Å². The molecule has 1 heterocycles. The fourth-order valence-electron chi connectivity index (χ4n) is 2.79. The Hall–Kier alpha value is -3.45. The molecule has 1 aromatic heterocycles. The highest BCUT2D eigenvalue weighted by Crippen LogP contribution is 2.28. The molecular formula is C22H16FN3O2S. The molecular weight excluding hydrogens is 389 g/mol. The van der Waals surface area contributed by atoms with Crippen LogP contribution in [0.2, 0.25) is 0 Å². The molecule has 3 aromatic carbocycles. The van der Waals surface area contributed by atoms with Crippen LogP contribution in [0.15, 0.2) is 94.6 Å². The van der Waals surface area contributed by atoms with Gasteiger partial charge in [-0.1, -0.05) is 60.3 Å². The molecule has 0 atom stereocenters. The van der Waals surface area contributed by atoms with Crippen LogP contribution in [0.25, 0.3) is 11.5 Å². The van der Waals surface area contributed by atoms with Gasteiger partial charge in [-0.25, -0.2) is 4.39 Å². The van der Waals surface area contributed by atoms with Gasteiger partial charge in [-0.15, -0.1) is 10.2 Å². The van der Waals surface area contributed by atoms with E-state index in [0.717, 1.165) is 23.1 Å². The van der Waals surface area contributed by atoms with Gasteiger partial charge in [-0.2, -0.15) is 0 Å². The van der Waals surface area contributed by atoms with E-state index < -0.39 is 5.82 Å². The molecule has 7 heteroatoms. The highest BCUT2D eigenvalue weighted by molar-refractivity contribution is 7.99. The zero-order chi connectivity index (χ0) is 20.1. The summed E-state index contributed by atoms with van der Waals surface area (Å²) in [6.07, 6.45) is 0. The van der Waals surface area contributed by atoms with Crippen LogP contribution in [0.3, 0.4) is 0 Å². The van der Waals surface area contributed by atoms with Crippen LogP contribution in [0.4, 0.5) is 15.8 Å². The van der Waals surface area contributed by atoms with E-state index >= 15 is 0 Å². The first-order valence-corrected chi connectivity index (χ1v) is 9.85. The predicted molar refractivity (Wildman–Crippen MR) is 110 cm³/mol. The lowest BCUT2D eigenvalue weighted by atomic mass is 10.2. The minimum Gasteiger partial charge on any atom is -0.411 e. The third kappa shape index (κ3) is 4.35. The molecule has 0 aliphatic heterocycles. The maximum atomic E-state index is 13.9. The van der Waals surface area contributed by atoms with Crippen LogP contribution in [0.1, 0.15) is 0 Å². The number of para-hydroxylation sites is 2. The van der Waals surface area contributed by atoms with Crippen LogP contribution in [0, 0.1) is 5.82 Å². The largest absolute Gasteiger partial charge is 0.411 e. The molecule has 5 nitrogen and oxygen atoms in total. The van der Waals surface area contributed by atoms with E-state index in [0.29, 0.717) is 0 Å². The molecule has 0 bridgehead atoms. The highest BCUT2D eigenvalue weighted by atomic mass is 32.2. The quantitative estimate of drug-likeness (QED) is 0.406. The summed E-state index contributed by atoms with van der Waals surface area (Å²) in [5, 5.41) is 8.01. The van der Waals surface area contributed by atoms with Gasteiger partial charge in [0.1, 0.15) is 5.82 Å². The van der Waals surface area contributed by atoms with E-state index in [1.54, 1.807) is 23.1 Å². The Labute approximate surface area is 171 Å². The highest BCUT2D eigenvalue weighted by Gasteiger charge is 2.20. The Morgan fingerprint density at radius 3 is 2.07 bits per heavy atom. The number of anilines is 2. The molecule has 0 aliphatic rings. The summed E-state index contributed by atoms with van der Waals surface area (Å²) >= 11 is 1.11. The molecule has 1 amide bonds. The molecule has 0 fully saturated rings. The van der Waals surface area contributed by atoms with Crippen molar-refractivity contribution in [3.05, 3.63) is 90.7 Å².